The molecule has 1 aliphatic rings. The first kappa shape index (κ1) is 26.5. The number of carbonyl (C=O) groups is 4. The number of hydrogen-bond acceptors (Lipinski definition) is 6. The number of carbonyl (C=O) groups excluding carboxylic acids is 4. The van der Waals surface area contributed by atoms with Crippen molar-refractivity contribution in [3.05, 3.63) is 59.2 Å². The number of nitrogens with zero attached hydrogens (tertiary/aromatic N) is 1. The molecule has 0 aromatic heterocycles. The summed E-state index contributed by atoms with van der Waals surface area (Å²) in [6.45, 7) is 3.95. The molecular weight excluding hydrogens is 462 g/mol. The molecule has 1 aliphatic heterocycles. The smallest absolute Gasteiger partial charge is 0.331 e. The highest BCUT2D eigenvalue weighted by Gasteiger charge is 2.35. The van der Waals surface area contributed by atoms with Gasteiger partial charge in [-0.2, -0.15) is 0 Å². The third-order valence-corrected chi connectivity index (χ3v) is 5.61. The highest BCUT2D eigenvalue weighted by molar-refractivity contribution is 6.31. The fourth-order valence-corrected chi connectivity index (χ4v) is 3.76. The van der Waals surface area contributed by atoms with Gasteiger partial charge >= 0.3 is 6.03 Å². The number of anilines is 1. The maximum Gasteiger partial charge on any atom is 0.331 e. The van der Waals surface area contributed by atoms with Crippen LogP contribution in [0.15, 0.2) is 48.0 Å². The van der Waals surface area contributed by atoms with Crippen LogP contribution in [0.25, 0.3) is 6.08 Å². The molecular formula is C27H31N3O6. The molecule has 9 nitrogen and oxygen atoms in total. The van der Waals surface area contributed by atoms with Gasteiger partial charge in [0, 0.05) is 24.7 Å². The van der Waals surface area contributed by atoms with Crippen LogP contribution in [0, 0.1) is 0 Å². The number of hydrogen-bond donors (Lipinski definition) is 2. The largest absolute Gasteiger partial charge is 0.496 e. The summed E-state index contributed by atoms with van der Waals surface area (Å²) in [6.07, 6.45) is 5.11. The molecule has 2 N–H and O–H groups in total. The summed E-state index contributed by atoms with van der Waals surface area (Å²) < 4.78 is 11.3. The van der Waals surface area contributed by atoms with Crippen LogP contribution in [0.2, 0.25) is 0 Å². The normalized spacial score (nSPS) is 14.6. The number of rotatable bonds is 11. The van der Waals surface area contributed by atoms with Crippen LogP contribution < -0.4 is 20.1 Å². The Morgan fingerprint density at radius 2 is 1.81 bits per heavy atom. The van der Waals surface area contributed by atoms with Crippen molar-refractivity contribution < 1.29 is 28.7 Å². The number of methoxy groups -OCH3 is 1. The van der Waals surface area contributed by atoms with Crippen molar-refractivity contribution >= 4 is 35.5 Å². The first-order valence-electron chi connectivity index (χ1n) is 11.9. The van der Waals surface area contributed by atoms with Crippen molar-refractivity contribution in [3.63, 3.8) is 0 Å². The third kappa shape index (κ3) is 6.94. The number of barbiturate groups is 1. The molecule has 0 spiro atoms. The van der Waals surface area contributed by atoms with Crippen LogP contribution >= 0.6 is 0 Å². The molecule has 2 aromatic rings. The Labute approximate surface area is 210 Å². The molecule has 9 heteroatoms. The van der Waals surface area contributed by atoms with E-state index in [2.05, 4.69) is 17.6 Å². The number of imide groups is 2. The zero-order valence-corrected chi connectivity index (χ0v) is 20.8. The van der Waals surface area contributed by atoms with Gasteiger partial charge in [-0.05, 0) is 54.5 Å². The maximum absolute atomic E-state index is 12.9. The van der Waals surface area contributed by atoms with Gasteiger partial charge in [-0.25, -0.2) is 4.79 Å². The average Bonchev–Trinajstić information content (AvgIpc) is 2.85. The molecule has 0 unspecified atom stereocenters. The lowest BCUT2D eigenvalue weighted by atomic mass is 10.0. The first-order valence-corrected chi connectivity index (χ1v) is 11.9. The van der Waals surface area contributed by atoms with Crippen molar-refractivity contribution in [1.29, 1.82) is 0 Å². The van der Waals surface area contributed by atoms with Crippen LogP contribution in [-0.2, 0) is 21.0 Å². The number of urea groups is 1. The minimum Gasteiger partial charge on any atom is -0.496 e. The van der Waals surface area contributed by atoms with E-state index in [9.17, 15) is 19.2 Å². The lowest BCUT2D eigenvalue weighted by Gasteiger charge is -2.26. The van der Waals surface area contributed by atoms with Crippen LogP contribution in [0.5, 0.6) is 11.5 Å². The Hall–Kier alpha value is -4.14. The van der Waals surface area contributed by atoms with Gasteiger partial charge in [0.1, 0.15) is 23.7 Å². The predicted octanol–water partition coefficient (Wildman–Crippen LogP) is 4.27. The topological polar surface area (TPSA) is 114 Å². The number of amides is 5. The summed E-state index contributed by atoms with van der Waals surface area (Å²) in [6, 6.07) is 11.5. The quantitative estimate of drug-likeness (QED) is 0.274. The van der Waals surface area contributed by atoms with E-state index in [0.29, 0.717) is 34.7 Å². The maximum atomic E-state index is 12.9. The third-order valence-electron chi connectivity index (χ3n) is 5.61. The SMILES string of the molecule is CCCCCCN1C(=O)NC(=O)/C(=C/c2ccc(OC)c(COc3ccc(NC(C)=O)cc3)c2)C1=O. The lowest BCUT2D eigenvalue weighted by Crippen LogP contribution is -2.54. The highest BCUT2D eigenvalue weighted by Crippen LogP contribution is 2.25. The van der Waals surface area contributed by atoms with E-state index in [0.717, 1.165) is 24.2 Å². The zero-order chi connectivity index (χ0) is 26.1. The summed E-state index contributed by atoms with van der Waals surface area (Å²) in [7, 11) is 1.54. The molecule has 1 fully saturated rings. The fraction of sp³-hybridized carbons (Fsp3) is 0.333. The molecule has 0 atom stereocenters. The van der Waals surface area contributed by atoms with Crippen molar-refractivity contribution in [2.75, 3.05) is 19.0 Å². The lowest BCUT2D eigenvalue weighted by molar-refractivity contribution is -0.130. The van der Waals surface area contributed by atoms with Gasteiger partial charge in [0.05, 0.1) is 7.11 Å². The van der Waals surface area contributed by atoms with E-state index in [1.165, 1.54) is 13.0 Å². The second kappa shape index (κ2) is 12.5. The minimum atomic E-state index is -0.720. The predicted molar refractivity (Wildman–Crippen MR) is 135 cm³/mol. The Kier molecular flexibility index (Phi) is 9.21. The van der Waals surface area contributed by atoms with Crippen molar-refractivity contribution in [3.8, 4) is 11.5 Å². The second-order valence-corrected chi connectivity index (χ2v) is 8.40. The summed E-state index contributed by atoms with van der Waals surface area (Å²) in [5.41, 5.74) is 1.85. The Morgan fingerprint density at radius 3 is 2.47 bits per heavy atom. The molecule has 0 aliphatic carbocycles. The van der Waals surface area contributed by atoms with Gasteiger partial charge in [0.15, 0.2) is 0 Å². The van der Waals surface area contributed by atoms with Gasteiger partial charge in [0.2, 0.25) is 5.91 Å². The second-order valence-electron chi connectivity index (χ2n) is 8.40. The molecule has 0 saturated carbocycles. The van der Waals surface area contributed by atoms with E-state index in [1.807, 2.05) is 0 Å². The minimum absolute atomic E-state index is 0.101. The van der Waals surface area contributed by atoms with E-state index >= 15 is 0 Å². The highest BCUT2D eigenvalue weighted by atomic mass is 16.5. The van der Waals surface area contributed by atoms with E-state index in [4.69, 9.17) is 9.47 Å². The van der Waals surface area contributed by atoms with Crippen LogP contribution in [0.4, 0.5) is 10.5 Å². The molecule has 36 heavy (non-hydrogen) atoms. The summed E-state index contributed by atoms with van der Waals surface area (Å²) in [5, 5.41) is 4.95. The fourth-order valence-electron chi connectivity index (χ4n) is 3.76. The standard InChI is InChI=1S/C27H31N3O6/c1-4-5-6-7-14-30-26(33)23(25(32)29-27(30)34)16-19-8-13-24(35-3)20(15-19)17-36-22-11-9-21(10-12-22)28-18(2)31/h8-13,15-16H,4-7,14,17H2,1-3H3,(H,28,31)(H,29,32,34)/b23-16-. The number of benzene rings is 2. The summed E-state index contributed by atoms with van der Waals surface area (Å²) in [4.78, 5) is 49.8. The molecule has 0 radical (unpaired) electrons. The summed E-state index contributed by atoms with van der Waals surface area (Å²) in [5.74, 6) is -0.308. The van der Waals surface area contributed by atoms with E-state index in [1.54, 1.807) is 49.6 Å². The Bertz CT molecular complexity index is 1160. The first-order chi connectivity index (χ1) is 17.3. The van der Waals surface area contributed by atoms with Crippen LogP contribution in [-0.4, -0.2) is 42.3 Å². The molecule has 3 rings (SSSR count). The van der Waals surface area contributed by atoms with E-state index < -0.39 is 17.8 Å². The number of nitrogens with one attached hydrogen (secondary N) is 2. The molecule has 2 aromatic carbocycles. The van der Waals surface area contributed by atoms with Gasteiger partial charge in [-0.1, -0.05) is 32.3 Å². The molecule has 190 valence electrons. The van der Waals surface area contributed by atoms with E-state index in [-0.39, 0.29) is 24.6 Å². The monoisotopic (exact) mass is 493 g/mol. The van der Waals surface area contributed by atoms with Crippen molar-refractivity contribution in [2.45, 2.75) is 46.1 Å². The Balaban J connectivity index is 1.76. The Morgan fingerprint density at radius 1 is 1.06 bits per heavy atom. The molecule has 5 amide bonds. The van der Waals surface area contributed by atoms with Crippen molar-refractivity contribution in [1.82, 2.24) is 10.2 Å². The van der Waals surface area contributed by atoms with Gasteiger partial charge in [-0.15, -0.1) is 0 Å². The summed E-state index contributed by atoms with van der Waals surface area (Å²) >= 11 is 0. The van der Waals surface area contributed by atoms with Gasteiger partial charge in [0.25, 0.3) is 11.8 Å². The number of ether oxygens (including phenoxy) is 2. The number of unbranched alkanes of at least 4 members (excludes halogenated alkanes) is 3. The van der Waals surface area contributed by atoms with Crippen LogP contribution in [0.3, 0.4) is 0 Å². The molecule has 1 saturated heterocycles. The molecule has 0 bridgehead atoms. The molecule has 1 heterocycles. The van der Waals surface area contributed by atoms with Gasteiger partial charge in [-0.3, -0.25) is 24.6 Å². The average molecular weight is 494 g/mol. The van der Waals surface area contributed by atoms with Crippen LogP contribution in [0.1, 0.15) is 50.7 Å². The zero-order valence-electron chi connectivity index (χ0n) is 20.8. The van der Waals surface area contributed by atoms with Crippen molar-refractivity contribution in [2.24, 2.45) is 0 Å². The van der Waals surface area contributed by atoms with Gasteiger partial charge < -0.3 is 14.8 Å².